The molecule has 10 nitrogen and oxygen atoms in total. The summed E-state index contributed by atoms with van der Waals surface area (Å²) in [6.07, 6.45) is 3.63. The van der Waals surface area contributed by atoms with Crippen LogP contribution in [0.15, 0.2) is 55.4 Å². The van der Waals surface area contributed by atoms with Crippen LogP contribution in [0.2, 0.25) is 0 Å². The van der Waals surface area contributed by atoms with Crippen LogP contribution in [-0.4, -0.2) is 68.8 Å². The number of nitrogens with one attached hydrogen (secondary N) is 1. The number of hydrogen-bond acceptors (Lipinski definition) is 7. The molecule has 1 N–H and O–H groups in total. The fourth-order valence-electron chi connectivity index (χ4n) is 4.62. The Labute approximate surface area is 227 Å². The van der Waals surface area contributed by atoms with E-state index >= 15 is 0 Å². The second kappa shape index (κ2) is 10.6. The summed E-state index contributed by atoms with van der Waals surface area (Å²) in [4.78, 5) is 17.9. The predicted molar refractivity (Wildman–Crippen MR) is 152 cm³/mol. The monoisotopic (exact) mass is 521 g/mol. The molecule has 0 atom stereocenters. The maximum atomic E-state index is 13.4. The fraction of sp³-hybridized carbons (Fsp3) is 0.276. The van der Waals surface area contributed by atoms with Gasteiger partial charge in [-0.3, -0.25) is 9.48 Å². The zero-order valence-electron chi connectivity index (χ0n) is 22.6. The Bertz CT molecular complexity index is 1600. The van der Waals surface area contributed by atoms with E-state index in [9.17, 15) is 10.1 Å². The molecule has 1 aliphatic rings. The summed E-state index contributed by atoms with van der Waals surface area (Å²) in [5.41, 5.74) is 7.39. The van der Waals surface area contributed by atoms with Gasteiger partial charge in [-0.15, -0.1) is 5.10 Å². The number of anilines is 2. The standard InChI is InChI=1S/C29H31N9O/c1-19-6-7-24(15-28(19)38-18-27(33-34-38)26-17-31-36(5)21(26)3)32-29(39)23-12-22(20(2)16-30)13-25(14-23)37-10-8-35(4)9-11-37/h6-7,12-15,17-18H,2,8-11H2,1,3-5H3,(H,32,39). The molecule has 1 saturated heterocycles. The number of likely N-dealkylation sites (N-methyl/N-ethyl adjacent to an activating group) is 1. The molecule has 0 bridgehead atoms. The van der Waals surface area contributed by atoms with Gasteiger partial charge in [-0.2, -0.15) is 10.4 Å². The highest BCUT2D eigenvalue weighted by Crippen LogP contribution is 2.27. The lowest BCUT2D eigenvalue weighted by Gasteiger charge is -2.34. The molecule has 4 aromatic rings. The molecule has 1 amide bonds. The van der Waals surface area contributed by atoms with Crippen LogP contribution in [0.3, 0.4) is 0 Å². The van der Waals surface area contributed by atoms with Crippen LogP contribution in [-0.2, 0) is 7.05 Å². The van der Waals surface area contributed by atoms with Gasteiger partial charge in [-0.05, 0) is 62.4 Å². The van der Waals surface area contributed by atoms with Gasteiger partial charge < -0.3 is 15.1 Å². The average molecular weight is 522 g/mol. The van der Waals surface area contributed by atoms with Crippen LogP contribution >= 0.6 is 0 Å². The molecule has 5 rings (SSSR count). The molecule has 0 aliphatic carbocycles. The van der Waals surface area contributed by atoms with Crippen molar-refractivity contribution in [3.63, 3.8) is 0 Å². The zero-order chi connectivity index (χ0) is 27.7. The highest BCUT2D eigenvalue weighted by Gasteiger charge is 2.19. The number of carbonyl (C=O) groups excluding carboxylic acids is 1. The van der Waals surface area contributed by atoms with E-state index in [-0.39, 0.29) is 5.91 Å². The Kier molecular flexibility index (Phi) is 7.00. The molecule has 2 aromatic heterocycles. The Morgan fingerprint density at radius 1 is 1.05 bits per heavy atom. The fourth-order valence-corrected chi connectivity index (χ4v) is 4.62. The minimum absolute atomic E-state index is 0.266. The summed E-state index contributed by atoms with van der Waals surface area (Å²) in [5, 5.41) is 25.4. The second-order valence-electron chi connectivity index (χ2n) is 9.92. The van der Waals surface area contributed by atoms with Crippen molar-refractivity contribution in [2.75, 3.05) is 43.4 Å². The third-order valence-electron chi connectivity index (χ3n) is 7.25. The first-order valence-corrected chi connectivity index (χ1v) is 12.7. The van der Waals surface area contributed by atoms with Crippen LogP contribution in [0.4, 0.5) is 11.4 Å². The summed E-state index contributed by atoms with van der Waals surface area (Å²) in [6.45, 7) is 11.4. The topological polar surface area (TPSA) is 108 Å². The summed E-state index contributed by atoms with van der Waals surface area (Å²) in [5.74, 6) is -0.266. The van der Waals surface area contributed by atoms with Crippen LogP contribution < -0.4 is 10.2 Å². The summed E-state index contributed by atoms with van der Waals surface area (Å²) in [6, 6.07) is 13.3. The molecule has 0 saturated carbocycles. The molecule has 2 aromatic carbocycles. The van der Waals surface area contributed by atoms with Gasteiger partial charge in [0, 0.05) is 61.4 Å². The maximum Gasteiger partial charge on any atom is 0.255 e. The van der Waals surface area contributed by atoms with E-state index < -0.39 is 0 Å². The van der Waals surface area contributed by atoms with Gasteiger partial charge >= 0.3 is 0 Å². The molecule has 0 unspecified atom stereocenters. The molecule has 1 fully saturated rings. The molecule has 39 heavy (non-hydrogen) atoms. The lowest BCUT2D eigenvalue weighted by atomic mass is 10.0. The number of allylic oxidation sites excluding steroid dienone is 1. The number of piperazine rings is 1. The molecule has 1 aliphatic heterocycles. The maximum absolute atomic E-state index is 13.4. The van der Waals surface area contributed by atoms with Crippen LogP contribution in [0.1, 0.15) is 27.2 Å². The number of nitrogens with zero attached hydrogens (tertiary/aromatic N) is 8. The number of rotatable bonds is 6. The van der Waals surface area contributed by atoms with Crippen LogP contribution in [0.25, 0.3) is 22.5 Å². The quantitative estimate of drug-likeness (QED) is 0.384. The van der Waals surface area contributed by atoms with Crippen molar-refractivity contribution >= 4 is 22.9 Å². The van der Waals surface area contributed by atoms with Gasteiger partial charge in [-0.25, -0.2) is 4.68 Å². The summed E-state index contributed by atoms with van der Waals surface area (Å²) < 4.78 is 3.50. The van der Waals surface area contributed by atoms with Crippen molar-refractivity contribution in [1.82, 2.24) is 29.7 Å². The Morgan fingerprint density at radius 3 is 2.49 bits per heavy atom. The van der Waals surface area contributed by atoms with E-state index in [1.165, 1.54) is 0 Å². The van der Waals surface area contributed by atoms with Gasteiger partial charge in [0.05, 0.1) is 29.7 Å². The van der Waals surface area contributed by atoms with Crippen molar-refractivity contribution in [2.45, 2.75) is 13.8 Å². The third-order valence-corrected chi connectivity index (χ3v) is 7.25. The number of amides is 1. The highest BCUT2D eigenvalue weighted by molar-refractivity contribution is 6.05. The minimum Gasteiger partial charge on any atom is -0.369 e. The first-order chi connectivity index (χ1) is 18.7. The number of benzene rings is 2. The minimum atomic E-state index is -0.266. The first kappa shape index (κ1) is 25.9. The number of nitriles is 1. The van der Waals surface area contributed by atoms with Gasteiger partial charge in [-0.1, -0.05) is 17.9 Å². The number of hydrogen-bond donors (Lipinski definition) is 1. The lowest BCUT2D eigenvalue weighted by Crippen LogP contribution is -2.44. The van der Waals surface area contributed by atoms with E-state index in [0.717, 1.165) is 60.1 Å². The molecule has 10 heteroatoms. The van der Waals surface area contributed by atoms with Crippen LogP contribution in [0, 0.1) is 25.2 Å². The van der Waals surface area contributed by atoms with Gasteiger partial charge in [0.2, 0.25) is 0 Å². The lowest BCUT2D eigenvalue weighted by molar-refractivity contribution is 0.102. The average Bonchev–Trinajstić information content (AvgIpc) is 3.55. The molecular weight excluding hydrogens is 490 g/mol. The third kappa shape index (κ3) is 5.30. The van der Waals surface area contributed by atoms with Crippen molar-refractivity contribution < 1.29 is 4.79 Å². The van der Waals surface area contributed by atoms with E-state index in [0.29, 0.717) is 22.4 Å². The number of aromatic nitrogens is 5. The normalized spacial score (nSPS) is 13.8. The van der Waals surface area contributed by atoms with Crippen molar-refractivity contribution in [1.29, 1.82) is 5.26 Å². The molecule has 3 heterocycles. The van der Waals surface area contributed by atoms with Crippen molar-refractivity contribution in [2.24, 2.45) is 7.05 Å². The van der Waals surface area contributed by atoms with Gasteiger partial charge in [0.25, 0.3) is 5.91 Å². The van der Waals surface area contributed by atoms with E-state index in [1.54, 1.807) is 21.6 Å². The van der Waals surface area contributed by atoms with Gasteiger partial charge in [0.15, 0.2) is 0 Å². The smallest absolute Gasteiger partial charge is 0.255 e. The Hall–Kier alpha value is -4.75. The second-order valence-corrected chi connectivity index (χ2v) is 9.92. The first-order valence-electron chi connectivity index (χ1n) is 12.7. The number of aryl methyl sites for hydroxylation is 2. The highest BCUT2D eigenvalue weighted by atomic mass is 16.1. The largest absolute Gasteiger partial charge is 0.369 e. The van der Waals surface area contributed by atoms with Gasteiger partial charge in [0.1, 0.15) is 5.69 Å². The Balaban J connectivity index is 1.42. The zero-order valence-corrected chi connectivity index (χ0v) is 22.6. The van der Waals surface area contributed by atoms with E-state index in [4.69, 9.17) is 0 Å². The molecule has 198 valence electrons. The molecular formula is C29H31N9O. The van der Waals surface area contributed by atoms with Crippen LogP contribution in [0.5, 0.6) is 0 Å². The predicted octanol–water partition coefficient (Wildman–Crippen LogP) is 3.83. The van der Waals surface area contributed by atoms with E-state index in [2.05, 4.69) is 50.2 Å². The van der Waals surface area contributed by atoms with E-state index in [1.807, 2.05) is 57.4 Å². The summed E-state index contributed by atoms with van der Waals surface area (Å²) in [7, 11) is 3.99. The SMILES string of the molecule is C=C(C#N)c1cc(C(=O)Nc2ccc(C)c(-n3cc(-c4cnn(C)c4C)nn3)c2)cc(N2CCN(C)CC2)c1. The van der Waals surface area contributed by atoms with Crippen molar-refractivity contribution in [3.8, 4) is 23.0 Å². The molecule has 0 spiro atoms. The molecule has 0 radical (unpaired) electrons. The Morgan fingerprint density at radius 2 is 1.79 bits per heavy atom. The summed E-state index contributed by atoms with van der Waals surface area (Å²) >= 11 is 0. The number of carbonyl (C=O) groups is 1. The van der Waals surface area contributed by atoms with Crippen molar-refractivity contribution in [3.05, 3.63) is 77.8 Å².